The van der Waals surface area contributed by atoms with Gasteiger partial charge in [0.15, 0.2) is 0 Å². The highest BCUT2D eigenvalue weighted by atomic mass is 19.4. The van der Waals surface area contributed by atoms with Crippen LogP contribution in [0, 0.1) is 0 Å². The Labute approximate surface area is 123 Å². The number of hydrogen-bond acceptors (Lipinski definition) is 2. The van der Waals surface area contributed by atoms with E-state index in [2.05, 4.69) is 4.90 Å². The number of aliphatic hydroxyl groups excluding tert-OH is 1. The molecule has 21 heavy (non-hydrogen) atoms. The van der Waals surface area contributed by atoms with Gasteiger partial charge in [0.2, 0.25) is 0 Å². The molecule has 1 atom stereocenters. The zero-order valence-corrected chi connectivity index (χ0v) is 12.1. The molecule has 0 spiro atoms. The zero-order chi connectivity index (χ0) is 15.3. The molecule has 1 unspecified atom stereocenters. The summed E-state index contributed by atoms with van der Waals surface area (Å²) in [6, 6.07) is 5.17. The summed E-state index contributed by atoms with van der Waals surface area (Å²) in [6.07, 6.45) is 0.482. The molecule has 1 aliphatic rings. The normalized spacial score (nSPS) is 19.2. The lowest BCUT2D eigenvalue weighted by molar-refractivity contribution is -0.137. The van der Waals surface area contributed by atoms with Crippen molar-refractivity contribution in [2.24, 2.45) is 0 Å². The third-order valence-electron chi connectivity index (χ3n) is 4.11. The van der Waals surface area contributed by atoms with Crippen LogP contribution in [0.5, 0.6) is 0 Å². The molecule has 0 radical (unpaired) electrons. The molecule has 1 aliphatic heterocycles. The van der Waals surface area contributed by atoms with Crippen molar-refractivity contribution in [2.75, 3.05) is 26.2 Å². The smallest absolute Gasteiger partial charge is 0.396 e. The van der Waals surface area contributed by atoms with E-state index in [0.717, 1.165) is 43.6 Å². The Morgan fingerprint density at radius 2 is 1.57 bits per heavy atom. The van der Waals surface area contributed by atoms with Gasteiger partial charge in [0, 0.05) is 12.5 Å². The van der Waals surface area contributed by atoms with Crippen LogP contribution in [0.2, 0.25) is 0 Å². The molecule has 0 saturated carbocycles. The average molecular weight is 301 g/mol. The van der Waals surface area contributed by atoms with Crippen molar-refractivity contribution >= 4 is 0 Å². The third-order valence-corrected chi connectivity index (χ3v) is 4.11. The highest BCUT2D eigenvalue weighted by molar-refractivity contribution is 5.27. The van der Waals surface area contributed by atoms with Gasteiger partial charge in [-0.15, -0.1) is 0 Å². The molecular weight excluding hydrogens is 279 g/mol. The summed E-state index contributed by atoms with van der Waals surface area (Å²) in [5.41, 5.74) is 0.132. The topological polar surface area (TPSA) is 23.5 Å². The van der Waals surface area contributed by atoms with Crippen molar-refractivity contribution in [1.29, 1.82) is 0 Å². The molecule has 1 heterocycles. The van der Waals surface area contributed by atoms with E-state index < -0.39 is 11.7 Å². The minimum Gasteiger partial charge on any atom is -0.396 e. The van der Waals surface area contributed by atoms with E-state index in [0.29, 0.717) is 6.54 Å². The van der Waals surface area contributed by atoms with Crippen LogP contribution in [0.25, 0.3) is 0 Å². The van der Waals surface area contributed by atoms with Crippen LogP contribution in [0.1, 0.15) is 42.7 Å². The largest absolute Gasteiger partial charge is 0.416 e. The van der Waals surface area contributed by atoms with Crippen LogP contribution >= 0.6 is 0 Å². The minimum absolute atomic E-state index is 0.0398. The molecule has 0 aliphatic carbocycles. The average Bonchev–Trinajstić information content (AvgIpc) is 2.72. The van der Waals surface area contributed by atoms with Gasteiger partial charge in [-0.25, -0.2) is 0 Å². The molecule has 2 rings (SSSR count). The first-order chi connectivity index (χ1) is 10.0. The van der Waals surface area contributed by atoms with Gasteiger partial charge < -0.3 is 10.0 Å². The van der Waals surface area contributed by atoms with Gasteiger partial charge in [-0.3, -0.25) is 0 Å². The van der Waals surface area contributed by atoms with Crippen molar-refractivity contribution < 1.29 is 18.3 Å². The second kappa shape index (κ2) is 7.27. The Kier molecular flexibility index (Phi) is 5.65. The van der Waals surface area contributed by atoms with Crippen LogP contribution in [0.3, 0.4) is 0 Å². The fraction of sp³-hybridized carbons (Fsp3) is 0.625. The maximum atomic E-state index is 12.6. The van der Waals surface area contributed by atoms with Crippen molar-refractivity contribution in [3.63, 3.8) is 0 Å². The highest BCUT2D eigenvalue weighted by Crippen LogP contribution is 2.30. The number of benzene rings is 1. The standard InChI is InChI=1S/C16H22F3NO/c17-16(18,19)15-7-5-13(6-8-15)14(12-21)11-20-9-3-1-2-4-10-20/h5-8,14,21H,1-4,9-12H2. The summed E-state index contributed by atoms with van der Waals surface area (Å²) in [5.74, 6) is -0.120. The van der Waals surface area contributed by atoms with Gasteiger partial charge in [-0.05, 0) is 43.6 Å². The van der Waals surface area contributed by atoms with E-state index in [1.807, 2.05) is 0 Å². The summed E-state index contributed by atoms with van der Waals surface area (Å²) in [4.78, 5) is 2.31. The third kappa shape index (κ3) is 4.71. The Hall–Kier alpha value is -1.07. The molecule has 0 amide bonds. The molecule has 5 heteroatoms. The lowest BCUT2D eigenvalue weighted by Crippen LogP contribution is -2.31. The lowest BCUT2D eigenvalue weighted by atomic mass is 9.98. The summed E-state index contributed by atoms with van der Waals surface area (Å²) in [6.45, 7) is 2.69. The second-order valence-corrected chi connectivity index (χ2v) is 5.71. The minimum atomic E-state index is -4.31. The molecule has 1 saturated heterocycles. The Balaban J connectivity index is 2.03. The van der Waals surface area contributed by atoms with Gasteiger partial charge in [0.25, 0.3) is 0 Å². The van der Waals surface area contributed by atoms with Crippen LogP contribution in [-0.2, 0) is 6.18 Å². The predicted octanol–water partition coefficient (Wildman–Crippen LogP) is 3.66. The first kappa shape index (κ1) is 16.3. The van der Waals surface area contributed by atoms with E-state index in [1.54, 1.807) is 0 Å². The maximum Gasteiger partial charge on any atom is 0.416 e. The van der Waals surface area contributed by atoms with Crippen LogP contribution in [0.4, 0.5) is 13.2 Å². The Bertz CT molecular complexity index is 422. The van der Waals surface area contributed by atoms with Gasteiger partial charge in [-0.1, -0.05) is 25.0 Å². The van der Waals surface area contributed by atoms with Crippen molar-refractivity contribution in [3.8, 4) is 0 Å². The lowest BCUT2D eigenvalue weighted by Gasteiger charge is -2.25. The Morgan fingerprint density at radius 1 is 1.00 bits per heavy atom. The number of aliphatic hydroxyl groups is 1. The van der Waals surface area contributed by atoms with Gasteiger partial charge in [0.05, 0.1) is 12.2 Å². The number of halogens is 3. The quantitative estimate of drug-likeness (QED) is 0.917. The van der Waals surface area contributed by atoms with Gasteiger partial charge >= 0.3 is 6.18 Å². The molecule has 0 bridgehead atoms. The number of alkyl halides is 3. The highest BCUT2D eigenvalue weighted by Gasteiger charge is 2.30. The van der Waals surface area contributed by atoms with Crippen molar-refractivity contribution in [3.05, 3.63) is 35.4 Å². The zero-order valence-electron chi connectivity index (χ0n) is 12.1. The number of hydrogen-bond donors (Lipinski definition) is 1. The number of likely N-dealkylation sites (tertiary alicyclic amines) is 1. The number of rotatable bonds is 4. The van der Waals surface area contributed by atoms with Gasteiger partial charge in [0.1, 0.15) is 0 Å². The predicted molar refractivity (Wildman–Crippen MR) is 76.2 cm³/mol. The SMILES string of the molecule is OCC(CN1CCCCCC1)c1ccc(C(F)(F)F)cc1. The molecule has 1 fully saturated rings. The summed E-state index contributed by atoms with van der Waals surface area (Å²) < 4.78 is 37.7. The van der Waals surface area contributed by atoms with Crippen molar-refractivity contribution in [2.45, 2.75) is 37.8 Å². The fourth-order valence-corrected chi connectivity index (χ4v) is 2.84. The molecule has 1 aromatic rings. The fourth-order valence-electron chi connectivity index (χ4n) is 2.84. The summed E-state index contributed by atoms with van der Waals surface area (Å²) in [7, 11) is 0. The first-order valence-electron chi connectivity index (χ1n) is 7.51. The summed E-state index contributed by atoms with van der Waals surface area (Å²) in [5, 5.41) is 9.56. The Morgan fingerprint density at radius 3 is 2.05 bits per heavy atom. The van der Waals surface area contributed by atoms with Gasteiger partial charge in [-0.2, -0.15) is 13.2 Å². The van der Waals surface area contributed by atoms with Crippen LogP contribution in [0.15, 0.2) is 24.3 Å². The first-order valence-corrected chi connectivity index (χ1v) is 7.51. The van der Waals surface area contributed by atoms with E-state index in [-0.39, 0.29) is 12.5 Å². The van der Waals surface area contributed by atoms with E-state index in [4.69, 9.17) is 0 Å². The second-order valence-electron chi connectivity index (χ2n) is 5.71. The van der Waals surface area contributed by atoms with Crippen LogP contribution < -0.4 is 0 Å². The van der Waals surface area contributed by atoms with Crippen LogP contribution in [-0.4, -0.2) is 36.2 Å². The van der Waals surface area contributed by atoms with E-state index in [9.17, 15) is 18.3 Å². The van der Waals surface area contributed by atoms with E-state index in [1.165, 1.54) is 25.0 Å². The molecular formula is C16H22F3NO. The maximum absolute atomic E-state index is 12.6. The molecule has 118 valence electrons. The van der Waals surface area contributed by atoms with Crippen molar-refractivity contribution in [1.82, 2.24) is 4.90 Å². The molecule has 1 aromatic carbocycles. The molecule has 1 N–H and O–H groups in total. The monoisotopic (exact) mass is 301 g/mol. The van der Waals surface area contributed by atoms with E-state index >= 15 is 0 Å². The molecule has 0 aromatic heterocycles. The summed E-state index contributed by atoms with van der Waals surface area (Å²) >= 11 is 0. The molecule has 2 nitrogen and oxygen atoms in total. The number of nitrogens with zero attached hydrogens (tertiary/aromatic N) is 1.